The monoisotopic (exact) mass is 293 g/mol. The highest BCUT2D eigenvalue weighted by Gasteiger charge is 2.29. The first-order valence-corrected chi connectivity index (χ1v) is 6.45. The van der Waals surface area contributed by atoms with Gasteiger partial charge in [-0.3, -0.25) is 0 Å². The van der Waals surface area contributed by atoms with E-state index in [1.54, 1.807) is 12.1 Å². The van der Waals surface area contributed by atoms with E-state index in [1.165, 1.54) is 31.4 Å². The molecule has 1 fully saturated rings. The molecule has 0 saturated carbocycles. The molecule has 2 rings (SSSR count). The average Bonchev–Trinajstić information content (AvgIpc) is 2.37. The Labute approximate surface area is 118 Å². The first-order valence-electron chi connectivity index (χ1n) is 6.45. The van der Waals surface area contributed by atoms with E-state index in [4.69, 9.17) is 0 Å². The first-order chi connectivity index (χ1) is 8.55. The maximum atomic E-state index is 12.4. The SMILES string of the molecule is Cl.FC(F)(F)c1ccc(CCC2CCCCN2)cc1. The summed E-state index contributed by atoms with van der Waals surface area (Å²) in [5.41, 5.74) is 0.414. The van der Waals surface area contributed by atoms with Gasteiger partial charge in [0.25, 0.3) is 0 Å². The summed E-state index contributed by atoms with van der Waals surface area (Å²) in [6.45, 7) is 1.07. The van der Waals surface area contributed by atoms with Crippen molar-refractivity contribution in [2.24, 2.45) is 0 Å². The molecule has 0 bridgehead atoms. The van der Waals surface area contributed by atoms with Crippen LogP contribution in [0, 0.1) is 0 Å². The highest BCUT2D eigenvalue weighted by Crippen LogP contribution is 2.29. The summed E-state index contributed by atoms with van der Waals surface area (Å²) in [4.78, 5) is 0. The molecule has 1 aliphatic rings. The highest BCUT2D eigenvalue weighted by molar-refractivity contribution is 5.85. The van der Waals surface area contributed by atoms with Crippen molar-refractivity contribution in [1.29, 1.82) is 0 Å². The van der Waals surface area contributed by atoms with Crippen LogP contribution in [0.25, 0.3) is 0 Å². The van der Waals surface area contributed by atoms with E-state index in [0.717, 1.165) is 24.9 Å². The number of hydrogen-bond donors (Lipinski definition) is 1. The molecule has 1 aliphatic heterocycles. The Balaban J connectivity index is 0.00000180. The van der Waals surface area contributed by atoms with Crippen LogP contribution in [0.2, 0.25) is 0 Å². The lowest BCUT2D eigenvalue weighted by Gasteiger charge is -2.23. The Bertz CT molecular complexity index is 369. The Hall–Kier alpha value is -0.740. The second-order valence-electron chi connectivity index (χ2n) is 4.88. The molecular weight excluding hydrogens is 275 g/mol. The number of rotatable bonds is 3. The van der Waals surface area contributed by atoms with Crippen molar-refractivity contribution < 1.29 is 13.2 Å². The molecule has 0 aliphatic carbocycles. The number of benzene rings is 1. The highest BCUT2D eigenvalue weighted by atomic mass is 35.5. The van der Waals surface area contributed by atoms with Crippen LogP contribution >= 0.6 is 12.4 Å². The zero-order valence-corrected chi connectivity index (χ0v) is 11.5. The number of nitrogens with one attached hydrogen (secondary N) is 1. The van der Waals surface area contributed by atoms with Crippen LogP contribution in [0.5, 0.6) is 0 Å². The normalized spacial score (nSPS) is 19.8. The van der Waals surface area contributed by atoms with Gasteiger partial charge in [0.1, 0.15) is 0 Å². The molecule has 1 aromatic rings. The van der Waals surface area contributed by atoms with Crippen molar-refractivity contribution in [3.05, 3.63) is 35.4 Å². The summed E-state index contributed by atoms with van der Waals surface area (Å²) in [6, 6.07) is 6.05. The van der Waals surface area contributed by atoms with Crippen LogP contribution in [0.4, 0.5) is 13.2 Å². The van der Waals surface area contributed by atoms with Crippen molar-refractivity contribution in [2.75, 3.05) is 6.54 Å². The molecule has 0 spiro atoms. The average molecular weight is 294 g/mol. The number of halogens is 4. The summed E-state index contributed by atoms with van der Waals surface area (Å²) >= 11 is 0. The van der Waals surface area contributed by atoms with Gasteiger partial charge in [-0.15, -0.1) is 12.4 Å². The van der Waals surface area contributed by atoms with Gasteiger partial charge >= 0.3 is 6.18 Å². The van der Waals surface area contributed by atoms with Crippen LogP contribution < -0.4 is 5.32 Å². The van der Waals surface area contributed by atoms with E-state index in [-0.39, 0.29) is 12.4 Å². The van der Waals surface area contributed by atoms with E-state index in [9.17, 15) is 13.2 Å². The van der Waals surface area contributed by atoms with Crippen molar-refractivity contribution in [2.45, 2.75) is 44.3 Å². The molecule has 1 heterocycles. The number of hydrogen-bond acceptors (Lipinski definition) is 1. The maximum absolute atomic E-state index is 12.4. The molecule has 1 unspecified atom stereocenters. The van der Waals surface area contributed by atoms with E-state index < -0.39 is 11.7 Å². The molecular formula is C14H19ClF3N. The number of piperidine rings is 1. The minimum absolute atomic E-state index is 0. The van der Waals surface area contributed by atoms with Gasteiger partial charge in [0.2, 0.25) is 0 Å². The number of aryl methyl sites for hydroxylation is 1. The third-order valence-electron chi connectivity index (χ3n) is 3.48. The van der Waals surface area contributed by atoms with E-state index in [1.807, 2.05) is 0 Å². The Morgan fingerprint density at radius 1 is 1.11 bits per heavy atom. The minimum Gasteiger partial charge on any atom is -0.314 e. The fourth-order valence-corrected chi connectivity index (χ4v) is 2.37. The molecule has 108 valence electrons. The minimum atomic E-state index is -4.23. The smallest absolute Gasteiger partial charge is 0.314 e. The lowest BCUT2D eigenvalue weighted by Crippen LogP contribution is -2.34. The molecule has 1 saturated heterocycles. The largest absolute Gasteiger partial charge is 0.416 e. The molecule has 0 aromatic heterocycles. The predicted octanol–water partition coefficient (Wildman–Crippen LogP) is 4.20. The Morgan fingerprint density at radius 3 is 2.32 bits per heavy atom. The van der Waals surface area contributed by atoms with Crippen LogP contribution in [0.3, 0.4) is 0 Å². The zero-order chi connectivity index (χ0) is 13.0. The second kappa shape index (κ2) is 7.15. The Kier molecular flexibility index (Phi) is 6.14. The fraction of sp³-hybridized carbons (Fsp3) is 0.571. The summed E-state index contributed by atoms with van der Waals surface area (Å²) in [7, 11) is 0. The molecule has 1 N–H and O–H groups in total. The van der Waals surface area contributed by atoms with E-state index in [0.29, 0.717) is 6.04 Å². The Morgan fingerprint density at radius 2 is 1.79 bits per heavy atom. The second-order valence-corrected chi connectivity index (χ2v) is 4.88. The predicted molar refractivity (Wildman–Crippen MR) is 72.7 cm³/mol. The molecule has 0 amide bonds. The molecule has 0 radical (unpaired) electrons. The maximum Gasteiger partial charge on any atom is 0.416 e. The van der Waals surface area contributed by atoms with Gasteiger partial charge in [-0.2, -0.15) is 13.2 Å². The van der Waals surface area contributed by atoms with Gasteiger partial charge in [-0.05, 0) is 49.9 Å². The molecule has 1 atom stereocenters. The quantitative estimate of drug-likeness (QED) is 0.880. The molecule has 5 heteroatoms. The van der Waals surface area contributed by atoms with Crippen LogP contribution in [-0.4, -0.2) is 12.6 Å². The lowest BCUT2D eigenvalue weighted by atomic mass is 9.97. The summed E-state index contributed by atoms with van der Waals surface area (Å²) in [5, 5.41) is 3.44. The van der Waals surface area contributed by atoms with Crippen molar-refractivity contribution >= 4 is 12.4 Å². The molecule has 19 heavy (non-hydrogen) atoms. The summed E-state index contributed by atoms with van der Waals surface area (Å²) in [5.74, 6) is 0. The topological polar surface area (TPSA) is 12.0 Å². The summed E-state index contributed by atoms with van der Waals surface area (Å²) in [6.07, 6.45) is 1.28. The van der Waals surface area contributed by atoms with Gasteiger partial charge in [0, 0.05) is 6.04 Å². The summed E-state index contributed by atoms with van der Waals surface area (Å²) < 4.78 is 37.2. The molecule has 1 aromatic carbocycles. The lowest BCUT2D eigenvalue weighted by molar-refractivity contribution is -0.137. The fourth-order valence-electron chi connectivity index (χ4n) is 2.37. The number of alkyl halides is 3. The van der Waals surface area contributed by atoms with Crippen LogP contribution in [0.1, 0.15) is 36.8 Å². The van der Waals surface area contributed by atoms with Gasteiger partial charge in [-0.25, -0.2) is 0 Å². The zero-order valence-electron chi connectivity index (χ0n) is 10.7. The van der Waals surface area contributed by atoms with Crippen LogP contribution in [-0.2, 0) is 12.6 Å². The third kappa shape index (κ3) is 5.03. The van der Waals surface area contributed by atoms with E-state index >= 15 is 0 Å². The van der Waals surface area contributed by atoms with Gasteiger partial charge in [0.15, 0.2) is 0 Å². The molecule has 1 nitrogen and oxygen atoms in total. The van der Waals surface area contributed by atoms with Crippen molar-refractivity contribution in [1.82, 2.24) is 5.32 Å². The van der Waals surface area contributed by atoms with Gasteiger partial charge < -0.3 is 5.32 Å². The van der Waals surface area contributed by atoms with Crippen molar-refractivity contribution in [3.8, 4) is 0 Å². The van der Waals surface area contributed by atoms with Crippen LogP contribution in [0.15, 0.2) is 24.3 Å². The van der Waals surface area contributed by atoms with E-state index in [2.05, 4.69) is 5.32 Å². The standard InChI is InChI=1S/C14H18F3N.ClH/c15-14(16,17)12-7-4-11(5-8-12)6-9-13-3-1-2-10-18-13;/h4-5,7-8,13,18H,1-3,6,9-10H2;1H. The third-order valence-corrected chi connectivity index (χ3v) is 3.48. The van der Waals surface area contributed by atoms with Gasteiger partial charge in [-0.1, -0.05) is 18.6 Å². The van der Waals surface area contributed by atoms with Crippen molar-refractivity contribution in [3.63, 3.8) is 0 Å². The first kappa shape index (κ1) is 16.3. The van der Waals surface area contributed by atoms with Gasteiger partial charge in [0.05, 0.1) is 5.56 Å².